The molecule has 2 atom stereocenters. The van der Waals surface area contributed by atoms with Crippen LogP contribution in [0.1, 0.15) is 31.9 Å². The average molecular weight is 299 g/mol. The molecule has 20 heavy (non-hydrogen) atoms. The Bertz CT molecular complexity index is 510. The lowest BCUT2D eigenvalue weighted by Crippen LogP contribution is -2.34. The third kappa shape index (κ3) is 5.20. The van der Waals surface area contributed by atoms with E-state index in [1.54, 1.807) is 24.3 Å². The van der Waals surface area contributed by atoms with Gasteiger partial charge in [-0.3, -0.25) is 0 Å². The lowest BCUT2D eigenvalue weighted by atomic mass is 10.1. The van der Waals surface area contributed by atoms with E-state index in [1.165, 1.54) is 0 Å². The lowest BCUT2D eigenvalue weighted by molar-refractivity contribution is 0.379. The molecule has 114 valence electrons. The summed E-state index contributed by atoms with van der Waals surface area (Å²) in [5.41, 5.74) is 6.67. The minimum Gasteiger partial charge on any atom is -0.324 e. The summed E-state index contributed by atoms with van der Waals surface area (Å²) in [5, 5.41) is 0. The fourth-order valence-electron chi connectivity index (χ4n) is 1.79. The number of hydrogen-bond donors (Lipinski definition) is 2. The fraction of sp³-hybridized carbons (Fsp3) is 0.571. The smallest absolute Gasteiger partial charge is 0.240 e. The van der Waals surface area contributed by atoms with Crippen LogP contribution in [-0.2, 0) is 10.0 Å². The summed E-state index contributed by atoms with van der Waals surface area (Å²) in [4.78, 5) is 2.31. The van der Waals surface area contributed by atoms with Crippen LogP contribution in [0.15, 0.2) is 29.2 Å². The monoisotopic (exact) mass is 299 g/mol. The van der Waals surface area contributed by atoms with Crippen molar-refractivity contribution in [1.82, 2.24) is 9.62 Å². The second-order valence-corrected chi connectivity index (χ2v) is 7.19. The Morgan fingerprint density at radius 3 is 2.20 bits per heavy atom. The Balaban J connectivity index is 2.73. The van der Waals surface area contributed by atoms with E-state index < -0.39 is 10.0 Å². The average Bonchev–Trinajstić information content (AvgIpc) is 2.36. The van der Waals surface area contributed by atoms with E-state index in [0.717, 1.165) is 18.5 Å². The Hall–Kier alpha value is -0.950. The molecule has 3 N–H and O–H groups in total. The molecule has 0 radical (unpaired) electrons. The van der Waals surface area contributed by atoms with Crippen LogP contribution in [0.5, 0.6) is 0 Å². The first-order valence-corrected chi connectivity index (χ1v) is 8.23. The summed E-state index contributed by atoms with van der Waals surface area (Å²) in [7, 11) is 0.473. The van der Waals surface area contributed by atoms with Crippen LogP contribution < -0.4 is 10.5 Å². The molecule has 0 aliphatic carbocycles. The number of hydrogen-bond acceptors (Lipinski definition) is 4. The highest BCUT2D eigenvalue weighted by Crippen LogP contribution is 2.15. The van der Waals surface area contributed by atoms with E-state index in [4.69, 9.17) is 5.73 Å². The summed E-state index contributed by atoms with van der Waals surface area (Å²) in [5.74, 6) is 0. The van der Waals surface area contributed by atoms with Crippen molar-refractivity contribution in [2.45, 2.75) is 37.2 Å². The van der Waals surface area contributed by atoms with Crippen LogP contribution in [-0.4, -0.2) is 40.0 Å². The molecule has 0 amide bonds. The van der Waals surface area contributed by atoms with Gasteiger partial charge in [-0.05, 0) is 58.6 Å². The van der Waals surface area contributed by atoms with Gasteiger partial charge in [0.1, 0.15) is 0 Å². The van der Waals surface area contributed by atoms with Crippen LogP contribution >= 0.6 is 0 Å². The van der Waals surface area contributed by atoms with Gasteiger partial charge >= 0.3 is 0 Å². The second kappa shape index (κ2) is 7.17. The third-order valence-electron chi connectivity index (χ3n) is 3.08. The molecule has 0 bridgehead atoms. The molecule has 0 fully saturated rings. The van der Waals surface area contributed by atoms with Gasteiger partial charge in [-0.15, -0.1) is 0 Å². The van der Waals surface area contributed by atoms with Gasteiger partial charge in [0, 0.05) is 12.1 Å². The Kier molecular flexibility index (Phi) is 6.13. The Morgan fingerprint density at radius 1 is 1.20 bits per heavy atom. The van der Waals surface area contributed by atoms with E-state index >= 15 is 0 Å². The Morgan fingerprint density at radius 2 is 1.75 bits per heavy atom. The second-order valence-electron chi connectivity index (χ2n) is 5.47. The summed E-state index contributed by atoms with van der Waals surface area (Å²) >= 11 is 0. The van der Waals surface area contributed by atoms with Crippen molar-refractivity contribution >= 4 is 10.0 Å². The van der Waals surface area contributed by atoms with Crippen molar-refractivity contribution in [3.63, 3.8) is 0 Å². The zero-order valence-corrected chi connectivity index (χ0v) is 13.4. The largest absolute Gasteiger partial charge is 0.324 e. The Labute approximate surface area is 122 Å². The van der Waals surface area contributed by atoms with Crippen LogP contribution in [0.25, 0.3) is 0 Å². The van der Waals surface area contributed by atoms with Gasteiger partial charge in [0.2, 0.25) is 10.0 Å². The molecule has 1 aromatic carbocycles. The van der Waals surface area contributed by atoms with Gasteiger partial charge < -0.3 is 10.6 Å². The quantitative estimate of drug-likeness (QED) is 0.796. The van der Waals surface area contributed by atoms with Crippen molar-refractivity contribution in [3.05, 3.63) is 29.8 Å². The number of rotatable bonds is 7. The number of nitrogens with two attached hydrogens (primary N) is 1. The third-order valence-corrected chi connectivity index (χ3v) is 4.69. The number of nitrogens with one attached hydrogen (secondary N) is 1. The normalized spacial score (nSPS) is 15.3. The number of benzene rings is 1. The maximum absolute atomic E-state index is 12.2. The zero-order chi connectivity index (χ0) is 15.3. The molecule has 0 aliphatic rings. The maximum Gasteiger partial charge on any atom is 0.240 e. The van der Waals surface area contributed by atoms with Gasteiger partial charge in [0.05, 0.1) is 4.90 Å². The minimum absolute atomic E-state index is 0.0984. The molecular formula is C14H25N3O2S. The van der Waals surface area contributed by atoms with E-state index in [0.29, 0.717) is 0 Å². The number of sulfonamides is 1. The van der Waals surface area contributed by atoms with Crippen LogP contribution in [0.3, 0.4) is 0 Å². The van der Waals surface area contributed by atoms with Crippen LogP contribution in [0, 0.1) is 0 Å². The highest BCUT2D eigenvalue weighted by atomic mass is 32.2. The van der Waals surface area contributed by atoms with E-state index in [-0.39, 0.29) is 17.0 Å². The predicted molar refractivity (Wildman–Crippen MR) is 82.0 cm³/mol. The van der Waals surface area contributed by atoms with E-state index in [2.05, 4.69) is 4.72 Å². The summed E-state index contributed by atoms with van der Waals surface area (Å²) < 4.78 is 27.1. The molecule has 0 saturated heterocycles. The number of nitrogens with zero attached hydrogens (tertiary/aromatic N) is 1. The van der Waals surface area contributed by atoms with E-state index in [9.17, 15) is 8.42 Å². The molecule has 0 aromatic heterocycles. The van der Waals surface area contributed by atoms with Crippen molar-refractivity contribution < 1.29 is 8.42 Å². The molecular weight excluding hydrogens is 274 g/mol. The van der Waals surface area contributed by atoms with Crippen LogP contribution in [0.4, 0.5) is 0 Å². The van der Waals surface area contributed by atoms with Crippen molar-refractivity contribution in [1.29, 1.82) is 0 Å². The molecule has 0 aliphatic heterocycles. The zero-order valence-electron chi connectivity index (χ0n) is 12.6. The first-order chi connectivity index (χ1) is 9.22. The van der Waals surface area contributed by atoms with Crippen molar-refractivity contribution in [3.8, 4) is 0 Å². The van der Waals surface area contributed by atoms with Gasteiger partial charge in [-0.25, -0.2) is 13.1 Å². The first kappa shape index (κ1) is 17.1. The highest BCUT2D eigenvalue weighted by Gasteiger charge is 2.17. The maximum atomic E-state index is 12.2. The predicted octanol–water partition coefficient (Wildman–Crippen LogP) is 1.32. The SMILES string of the molecule is CC(CCN(C)C)NS(=O)(=O)c1ccc(C(C)N)cc1. The standard InChI is InChI=1S/C14H25N3O2S/c1-11(9-10-17(3)4)16-20(18,19)14-7-5-13(6-8-14)12(2)15/h5-8,11-12,16H,9-10,15H2,1-4H3. The van der Waals surface area contributed by atoms with Gasteiger partial charge in [0.15, 0.2) is 0 Å². The molecule has 0 spiro atoms. The lowest BCUT2D eigenvalue weighted by Gasteiger charge is -2.17. The molecule has 6 heteroatoms. The molecule has 0 heterocycles. The molecule has 1 aromatic rings. The highest BCUT2D eigenvalue weighted by molar-refractivity contribution is 7.89. The van der Waals surface area contributed by atoms with Gasteiger partial charge in [0.25, 0.3) is 0 Å². The van der Waals surface area contributed by atoms with Gasteiger partial charge in [-0.2, -0.15) is 0 Å². The molecule has 5 nitrogen and oxygen atoms in total. The van der Waals surface area contributed by atoms with Crippen molar-refractivity contribution in [2.75, 3.05) is 20.6 Å². The topological polar surface area (TPSA) is 75.4 Å². The minimum atomic E-state index is -3.46. The molecule has 0 saturated carbocycles. The van der Waals surface area contributed by atoms with Crippen molar-refractivity contribution in [2.24, 2.45) is 5.73 Å². The van der Waals surface area contributed by atoms with Crippen LogP contribution in [0.2, 0.25) is 0 Å². The van der Waals surface area contributed by atoms with Gasteiger partial charge in [-0.1, -0.05) is 12.1 Å². The molecule has 2 unspecified atom stereocenters. The van der Waals surface area contributed by atoms with E-state index in [1.807, 2.05) is 32.8 Å². The summed E-state index contributed by atoms with van der Waals surface area (Å²) in [6.45, 7) is 4.58. The molecule has 1 rings (SSSR count). The first-order valence-electron chi connectivity index (χ1n) is 6.75. The summed E-state index contributed by atoms with van der Waals surface area (Å²) in [6.07, 6.45) is 0.768. The fourth-order valence-corrected chi connectivity index (χ4v) is 3.07. The summed E-state index contributed by atoms with van der Waals surface area (Å²) in [6, 6.07) is 6.50.